The first kappa shape index (κ1) is 12.9. The van der Waals surface area contributed by atoms with Crippen molar-refractivity contribution in [2.75, 3.05) is 53.0 Å². The fourth-order valence-corrected chi connectivity index (χ4v) is 1.93. The normalized spacial score (nSPS) is 20.8. The number of likely N-dealkylation sites (N-methyl/N-ethyl adjacent to an activating group) is 1. The number of hydrogen-bond acceptors (Lipinski definition) is 4. The molecule has 1 unspecified atom stereocenters. The Kier molecular flexibility index (Phi) is 6.17. The van der Waals surface area contributed by atoms with E-state index in [9.17, 15) is 5.11 Å². The van der Waals surface area contributed by atoms with Crippen molar-refractivity contribution in [3.63, 3.8) is 0 Å². The molecule has 0 aromatic heterocycles. The van der Waals surface area contributed by atoms with Gasteiger partial charge in [-0.2, -0.15) is 0 Å². The topological polar surface area (TPSA) is 35.9 Å². The highest BCUT2D eigenvalue weighted by atomic mass is 16.5. The molecule has 0 radical (unpaired) electrons. The third-order valence-electron chi connectivity index (χ3n) is 2.69. The molecule has 1 aliphatic rings. The summed E-state index contributed by atoms with van der Waals surface area (Å²) in [5, 5.41) is 9.20. The molecule has 0 amide bonds. The molecule has 1 aliphatic heterocycles. The van der Waals surface area contributed by atoms with Gasteiger partial charge in [-0.25, -0.2) is 0 Å². The summed E-state index contributed by atoms with van der Waals surface area (Å²) in [6, 6.07) is 0. The van der Waals surface area contributed by atoms with Gasteiger partial charge in [0.15, 0.2) is 0 Å². The molecule has 0 aromatic rings. The summed E-state index contributed by atoms with van der Waals surface area (Å²) in [7, 11) is 2.06. The van der Waals surface area contributed by atoms with Gasteiger partial charge in [-0.3, -0.25) is 4.90 Å². The third-order valence-corrected chi connectivity index (χ3v) is 2.69. The quantitative estimate of drug-likeness (QED) is 0.679. The van der Waals surface area contributed by atoms with Crippen molar-refractivity contribution >= 4 is 0 Å². The Bertz CT molecular complexity index is 159. The van der Waals surface area contributed by atoms with Crippen molar-refractivity contribution < 1.29 is 9.84 Å². The second kappa shape index (κ2) is 7.17. The van der Waals surface area contributed by atoms with E-state index in [0.717, 1.165) is 45.9 Å². The highest BCUT2D eigenvalue weighted by molar-refractivity contribution is 4.63. The van der Waals surface area contributed by atoms with Gasteiger partial charge in [0.2, 0.25) is 0 Å². The van der Waals surface area contributed by atoms with E-state index in [2.05, 4.69) is 16.8 Å². The minimum absolute atomic E-state index is 0.224. The van der Waals surface area contributed by atoms with Crippen molar-refractivity contribution in [3.05, 3.63) is 0 Å². The maximum absolute atomic E-state index is 9.20. The molecule has 1 heterocycles. The summed E-state index contributed by atoms with van der Waals surface area (Å²) in [5.74, 6) is 0. The van der Waals surface area contributed by atoms with Gasteiger partial charge in [-0.05, 0) is 33.5 Å². The second-order valence-electron chi connectivity index (χ2n) is 4.42. The summed E-state index contributed by atoms with van der Waals surface area (Å²) < 4.78 is 5.29. The number of aliphatic hydroxyl groups is 1. The Hall–Kier alpha value is -0.160. The minimum Gasteiger partial charge on any atom is -0.392 e. The average molecular weight is 216 g/mol. The number of hydrogen-bond donors (Lipinski definition) is 1. The zero-order valence-corrected chi connectivity index (χ0v) is 9.98. The number of morpholine rings is 1. The molecule has 4 nitrogen and oxygen atoms in total. The zero-order valence-electron chi connectivity index (χ0n) is 9.98. The summed E-state index contributed by atoms with van der Waals surface area (Å²) in [6.45, 7) is 8.70. The summed E-state index contributed by atoms with van der Waals surface area (Å²) >= 11 is 0. The van der Waals surface area contributed by atoms with Gasteiger partial charge in [-0.15, -0.1) is 0 Å². The Balaban J connectivity index is 1.99. The van der Waals surface area contributed by atoms with Gasteiger partial charge in [-0.1, -0.05) is 0 Å². The first-order chi connectivity index (χ1) is 7.18. The second-order valence-corrected chi connectivity index (χ2v) is 4.42. The molecular weight excluding hydrogens is 192 g/mol. The van der Waals surface area contributed by atoms with Crippen LogP contribution < -0.4 is 0 Å². The van der Waals surface area contributed by atoms with Crippen molar-refractivity contribution in [2.45, 2.75) is 19.4 Å². The molecule has 0 aromatic carbocycles. The SMILES string of the molecule is CC(O)CN(C)CCCN1CCOCC1. The smallest absolute Gasteiger partial charge is 0.0638 e. The Morgan fingerprint density at radius 3 is 2.67 bits per heavy atom. The molecule has 90 valence electrons. The molecule has 0 saturated carbocycles. The van der Waals surface area contributed by atoms with Gasteiger partial charge >= 0.3 is 0 Å². The van der Waals surface area contributed by atoms with Crippen LogP contribution in [0.5, 0.6) is 0 Å². The first-order valence-electron chi connectivity index (χ1n) is 5.85. The fourth-order valence-electron chi connectivity index (χ4n) is 1.93. The molecule has 1 fully saturated rings. The monoisotopic (exact) mass is 216 g/mol. The Morgan fingerprint density at radius 1 is 1.40 bits per heavy atom. The highest BCUT2D eigenvalue weighted by Crippen LogP contribution is 1.99. The van der Waals surface area contributed by atoms with Gasteiger partial charge in [0.05, 0.1) is 19.3 Å². The van der Waals surface area contributed by atoms with Crippen molar-refractivity contribution in [1.29, 1.82) is 0 Å². The first-order valence-corrected chi connectivity index (χ1v) is 5.85. The molecule has 15 heavy (non-hydrogen) atoms. The summed E-state index contributed by atoms with van der Waals surface area (Å²) in [5.41, 5.74) is 0. The number of rotatable bonds is 6. The van der Waals surface area contributed by atoms with Crippen LogP contribution in [0.25, 0.3) is 0 Å². The van der Waals surface area contributed by atoms with E-state index >= 15 is 0 Å². The lowest BCUT2D eigenvalue weighted by atomic mass is 10.3. The van der Waals surface area contributed by atoms with E-state index < -0.39 is 0 Å². The van der Waals surface area contributed by atoms with Crippen LogP contribution in [0.1, 0.15) is 13.3 Å². The van der Waals surface area contributed by atoms with Crippen LogP contribution in [0.4, 0.5) is 0 Å². The lowest BCUT2D eigenvalue weighted by molar-refractivity contribution is 0.0359. The lowest BCUT2D eigenvalue weighted by Gasteiger charge is -2.27. The van der Waals surface area contributed by atoms with E-state index in [4.69, 9.17) is 4.74 Å². The minimum atomic E-state index is -0.224. The van der Waals surface area contributed by atoms with E-state index in [1.807, 2.05) is 6.92 Å². The van der Waals surface area contributed by atoms with Crippen LogP contribution in [-0.2, 0) is 4.74 Å². The number of aliphatic hydroxyl groups excluding tert-OH is 1. The lowest BCUT2D eigenvalue weighted by Crippen LogP contribution is -2.38. The average Bonchev–Trinajstić information content (AvgIpc) is 2.18. The maximum Gasteiger partial charge on any atom is 0.0638 e. The maximum atomic E-state index is 9.20. The van der Waals surface area contributed by atoms with Crippen molar-refractivity contribution in [2.24, 2.45) is 0 Å². The molecule has 1 saturated heterocycles. The van der Waals surface area contributed by atoms with Crippen molar-refractivity contribution in [1.82, 2.24) is 9.80 Å². The Morgan fingerprint density at radius 2 is 2.07 bits per heavy atom. The predicted molar refractivity (Wildman–Crippen MR) is 61.1 cm³/mol. The van der Waals surface area contributed by atoms with Gasteiger partial charge in [0.1, 0.15) is 0 Å². The standard InChI is InChI=1S/C11H24N2O2/c1-11(14)10-12(2)4-3-5-13-6-8-15-9-7-13/h11,14H,3-10H2,1-2H3. The largest absolute Gasteiger partial charge is 0.392 e. The van der Waals surface area contributed by atoms with E-state index in [0.29, 0.717) is 0 Å². The number of ether oxygens (including phenoxy) is 1. The molecule has 1 N–H and O–H groups in total. The van der Waals surface area contributed by atoms with Crippen LogP contribution in [0.3, 0.4) is 0 Å². The van der Waals surface area contributed by atoms with Crippen LogP contribution in [0, 0.1) is 0 Å². The predicted octanol–water partition coefficient (Wildman–Crippen LogP) is 0.0213. The van der Waals surface area contributed by atoms with Crippen LogP contribution in [-0.4, -0.2) is 74.0 Å². The summed E-state index contributed by atoms with van der Waals surface area (Å²) in [6.07, 6.45) is 0.946. The van der Waals surface area contributed by atoms with E-state index in [1.165, 1.54) is 6.42 Å². The van der Waals surface area contributed by atoms with Gasteiger partial charge < -0.3 is 14.7 Å². The van der Waals surface area contributed by atoms with Gasteiger partial charge in [0, 0.05) is 19.6 Å². The molecule has 4 heteroatoms. The molecule has 1 rings (SSSR count). The van der Waals surface area contributed by atoms with Crippen molar-refractivity contribution in [3.8, 4) is 0 Å². The highest BCUT2D eigenvalue weighted by Gasteiger charge is 2.10. The van der Waals surface area contributed by atoms with Crippen LogP contribution in [0.15, 0.2) is 0 Å². The summed E-state index contributed by atoms with van der Waals surface area (Å²) in [4.78, 5) is 4.63. The number of nitrogens with zero attached hydrogens (tertiary/aromatic N) is 2. The zero-order chi connectivity index (χ0) is 11.1. The molecular formula is C11H24N2O2. The third kappa shape index (κ3) is 6.10. The van der Waals surface area contributed by atoms with Crippen LogP contribution in [0.2, 0.25) is 0 Å². The molecule has 0 bridgehead atoms. The van der Waals surface area contributed by atoms with Crippen LogP contribution >= 0.6 is 0 Å². The molecule has 1 atom stereocenters. The van der Waals surface area contributed by atoms with E-state index in [1.54, 1.807) is 0 Å². The molecule has 0 spiro atoms. The van der Waals surface area contributed by atoms with Gasteiger partial charge in [0.25, 0.3) is 0 Å². The fraction of sp³-hybridized carbons (Fsp3) is 1.00. The Labute approximate surface area is 92.8 Å². The van der Waals surface area contributed by atoms with E-state index in [-0.39, 0.29) is 6.10 Å². The molecule has 0 aliphatic carbocycles.